The van der Waals surface area contributed by atoms with Crippen LogP contribution in [0.5, 0.6) is 5.75 Å². The largest absolute Gasteiger partial charge is 0.482 e. The molecule has 1 aromatic heterocycles. The minimum Gasteiger partial charge on any atom is -0.482 e. The fourth-order valence-electron chi connectivity index (χ4n) is 2.27. The van der Waals surface area contributed by atoms with Crippen LogP contribution in [-0.2, 0) is 4.79 Å². The molecule has 0 spiro atoms. The molecule has 0 aliphatic carbocycles. The van der Waals surface area contributed by atoms with Crippen LogP contribution in [0.1, 0.15) is 5.69 Å². The summed E-state index contributed by atoms with van der Waals surface area (Å²) in [6.45, 7) is -1.49. The quantitative estimate of drug-likeness (QED) is 0.612. The number of carbonyl (C=O) groups excluding carboxylic acids is 1. The molecular weight excluding hydrogens is 395 g/mol. The van der Waals surface area contributed by atoms with Crippen LogP contribution in [0.25, 0.3) is 17.1 Å². The summed E-state index contributed by atoms with van der Waals surface area (Å²) < 4.78 is 41.8. The van der Waals surface area contributed by atoms with Gasteiger partial charge in [0.15, 0.2) is 6.61 Å². The smallest absolute Gasteiger partial charge is 0.422 e. The number of ether oxygens (including phenoxy) is 1. The first-order valence-electron chi connectivity index (χ1n) is 8.00. The zero-order valence-corrected chi connectivity index (χ0v) is 15.0. The predicted molar refractivity (Wildman–Crippen MR) is 100 cm³/mol. The van der Waals surface area contributed by atoms with Gasteiger partial charge in [0.2, 0.25) is 5.91 Å². The van der Waals surface area contributed by atoms with Gasteiger partial charge in [-0.25, -0.2) is 4.98 Å². The van der Waals surface area contributed by atoms with Gasteiger partial charge in [0.25, 0.3) is 0 Å². The van der Waals surface area contributed by atoms with Crippen molar-refractivity contribution in [1.29, 1.82) is 0 Å². The number of carbonyl (C=O) groups is 1. The van der Waals surface area contributed by atoms with Crippen LogP contribution in [-0.4, -0.2) is 28.7 Å². The van der Waals surface area contributed by atoms with E-state index >= 15 is 0 Å². The zero-order valence-electron chi connectivity index (χ0n) is 14.2. The second-order valence-electron chi connectivity index (χ2n) is 5.65. The molecule has 0 saturated heterocycles. The third-order valence-corrected chi connectivity index (χ3v) is 3.70. The first-order valence-corrected chi connectivity index (χ1v) is 8.38. The lowest BCUT2D eigenvalue weighted by Crippen LogP contribution is -2.20. The summed E-state index contributed by atoms with van der Waals surface area (Å²) in [6.07, 6.45) is -0.373. The van der Waals surface area contributed by atoms with Gasteiger partial charge in [-0.3, -0.25) is 9.78 Å². The number of nitrogens with zero attached hydrogens (tertiary/aromatic N) is 2. The van der Waals surface area contributed by atoms with Gasteiger partial charge in [-0.05, 0) is 36.4 Å². The van der Waals surface area contributed by atoms with E-state index in [-0.39, 0.29) is 16.5 Å². The maximum absolute atomic E-state index is 12.4. The van der Waals surface area contributed by atoms with Crippen molar-refractivity contribution in [2.24, 2.45) is 0 Å². The summed E-state index contributed by atoms with van der Waals surface area (Å²) in [6, 6.07) is 11.2. The van der Waals surface area contributed by atoms with Gasteiger partial charge in [0, 0.05) is 11.1 Å². The topological polar surface area (TPSA) is 64.1 Å². The third-order valence-electron chi connectivity index (χ3n) is 3.46. The van der Waals surface area contributed by atoms with Gasteiger partial charge < -0.3 is 10.1 Å². The Morgan fingerprint density at radius 3 is 2.68 bits per heavy atom. The highest BCUT2D eigenvalue weighted by molar-refractivity contribution is 6.31. The SMILES string of the molecule is O=C(/C=C/c1cnc2ccccc2n1)Nc1cc(Cl)ccc1OCC(F)(F)F. The molecule has 144 valence electrons. The molecular formula is C19H13ClF3N3O2. The predicted octanol–water partition coefficient (Wildman–Crippen LogP) is 4.88. The second kappa shape index (κ2) is 8.26. The zero-order chi connectivity index (χ0) is 20.1. The molecule has 1 N–H and O–H groups in total. The molecule has 0 bridgehead atoms. The number of hydrogen-bond donors (Lipinski definition) is 1. The van der Waals surface area contributed by atoms with E-state index in [1.807, 2.05) is 18.2 Å². The number of benzene rings is 2. The lowest BCUT2D eigenvalue weighted by molar-refractivity contribution is -0.153. The number of nitrogens with one attached hydrogen (secondary N) is 1. The third kappa shape index (κ3) is 5.43. The number of aromatic nitrogens is 2. The van der Waals surface area contributed by atoms with E-state index < -0.39 is 18.7 Å². The molecule has 28 heavy (non-hydrogen) atoms. The molecule has 0 aliphatic heterocycles. The Labute approximate surface area is 162 Å². The van der Waals surface area contributed by atoms with Crippen molar-refractivity contribution >= 4 is 40.3 Å². The lowest BCUT2D eigenvalue weighted by Gasteiger charge is -2.13. The minimum atomic E-state index is -4.50. The number of fused-ring (bicyclic) bond motifs is 1. The van der Waals surface area contributed by atoms with Gasteiger partial charge in [-0.1, -0.05) is 23.7 Å². The Morgan fingerprint density at radius 2 is 1.93 bits per heavy atom. The average Bonchev–Trinajstić information content (AvgIpc) is 2.65. The number of rotatable bonds is 5. The van der Waals surface area contributed by atoms with E-state index in [9.17, 15) is 18.0 Å². The molecule has 1 heterocycles. The standard InChI is InChI=1S/C19H13ClF3N3O2/c20-12-5-7-17(28-11-19(21,22)23)16(9-12)26-18(27)8-6-13-10-24-14-3-1-2-4-15(14)25-13/h1-10H,11H2,(H,26,27)/b8-6+. The van der Waals surface area contributed by atoms with Gasteiger partial charge in [-0.15, -0.1) is 0 Å². The maximum atomic E-state index is 12.4. The van der Waals surface area contributed by atoms with E-state index in [1.54, 1.807) is 6.07 Å². The van der Waals surface area contributed by atoms with Crippen LogP contribution in [0.3, 0.4) is 0 Å². The van der Waals surface area contributed by atoms with E-state index in [0.29, 0.717) is 11.2 Å². The van der Waals surface area contributed by atoms with Gasteiger partial charge >= 0.3 is 6.18 Å². The second-order valence-corrected chi connectivity index (χ2v) is 6.09. The summed E-state index contributed by atoms with van der Waals surface area (Å²) >= 11 is 5.85. The normalized spacial score (nSPS) is 11.7. The Kier molecular flexibility index (Phi) is 5.79. The van der Waals surface area contributed by atoms with Crippen molar-refractivity contribution in [3.63, 3.8) is 0 Å². The van der Waals surface area contributed by atoms with Gasteiger partial charge in [0.05, 0.1) is 28.6 Å². The van der Waals surface area contributed by atoms with E-state index in [1.165, 1.54) is 36.5 Å². The average molecular weight is 408 g/mol. The van der Waals surface area contributed by atoms with Crippen molar-refractivity contribution < 1.29 is 22.7 Å². The molecule has 1 amide bonds. The Bertz CT molecular complexity index is 1040. The lowest BCUT2D eigenvalue weighted by atomic mass is 10.2. The van der Waals surface area contributed by atoms with Crippen LogP contribution in [0, 0.1) is 0 Å². The molecule has 0 fully saturated rings. The summed E-state index contributed by atoms with van der Waals surface area (Å²) in [5.41, 5.74) is 1.86. The molecule has 0 unspecified atom stereocenters. The Balaban J connectivity index is 1.72. The number of alkyl halides is 3. The summed E-state index contributed by atoms with van der Waals surface area (Å²) in [7, 11) is 0. The van der Waals surface area contributed by atoms with Crippen LogP contribution in [0.4, 0.5) is 18.9 Å². The van der Waals surface area contributed by atoms with Crippen LogP contribution < -0.4 is 10.1 Å². The number of hydrogen-bond acceptors (Lipinski definition) is 4. The van der Waals surface area contributed by atoms with Crippen molar-refractivity contribution in [3.05, 3.63) is 65.5 Å². The Hall–Kier alpha value is -3.13. The number of amides is 1. The molecule has 0 saturated carbocycles. The maximum Gasteiger partial charge on any atom is 0.422 e. The van der Waals surface area contributed by atoms with Crippen molar-refractivity contribution in [3.8, 4) is 5.75 Å². The Morgan fingerprint density at radius 1 is 1.18 bits per heavy atom. The summed E-state index contributed by atoms with van der Waals surface area (Å²) in [5.74, 6) is -0.733. The number of para-hydroxylation sites is 2. The summed E-state index contributed by atoms with van der Waals surface area (Å²) in [5, 5.41) is 2.68. The van der Waals surface area contributed by atoms with Crippen molar-refractivity contribution in [2.45, 2.75) is 6.18 Å². The molecule has 3 aromatic rings. The fraction of sp³-hybridized carbons (Fsp3) is 0.105. The van der Waals surface area contributed by atoms with Gasteiger partial charge in [-0.2, -0.15) is 13.2 Å². The summed E-state index contributed by atoms with van der Waals surface area (Å²) in [4.78, 5) is 20.7. The number of anilines is 1. The molecule has 0 radical (unpaired) electrons. The first-order chi connectivity index (χ1) is 13.3. The molecule has 2 aromatic carbocycles. The highest BCUT2D eigenvalue weighted by Crippen LogP contribution is 2.29. The fourth-order valence-corrected chi connectivity index (χ4v) is 2.44. The van der Waals surface area contributed by atoms with E-state index in [4.69, 9.17) is 16.3 Å². The number of halogens is 4. The molecule has 5 nitrogen and oxygen atoms in total. The minimum absolute atomic E-state index is 0.0241. The van der Waals surface area contributed by atoms with E-state index in [0.717, 1.165) is 5.52 Å². The van der Waals surface area contributed by atoms with Crippen molar-refractivity contribution in [1.82, 2.24) is 9.97 Å². The van der Waals surface area contributed by atoms with E-state index in [2.05, 4.69) is 15.3 Å². The van der Waals surface area contributed by atoms with Crippen LogP contribution in [0.15, 0.2) is 54.7 Å². The van der Waals surface area contributed by atoms with Crippen LogP contribution >= 0.6 is 11.6 Å². The molecule has 0 aliphatic rings. The highest BCUT2D eigenvalue weighted by Gasteiger charge is 2.29. The molecule has 0 atom stereocenters. The van der Waals surface area contributed by atoms with Crippen LogP contribution in [0.2, 0.25) is 5.02 Å². The monoisotopic (exact) mass is 407 g/mol. The molecule has 3 rings (SSSR count). The molecule has 9 heteroatoms. The first kappa shape index (κ1) is 19.6. The van der Waals surface area contributed by atoms with Gasteiger partial charge in [0.1, 0.15) is 5.75 Å². The highest BCUT2D eigenvalue weighted by atomic mass is 35.5. The van der Waals surface area contributed by atoms with Crippen molar-refractivity contribution in [2.75, 3.05) is 11.9 Å².